The Labute approximate surface area is 156 Å². The van der Waals surface area contributed by atoms with Crippen LogP contribution in [0.4, 0.5) is 13.2 Å². The van der Waals surface area contributed by atoms with E-state index in [1.54, 1.807) is 30.3 Å². The Balaban J connectivity index is 1.62. The van der Waals surface area contributed by atoms with Crippen molar-refractivity contribution in [2.45, 2.75) is 12.2 Å². The lowest BCUT2D eigenvalue weighted by Crippen LogP contribution is -2.39. The van der Waals surface area contributed by atoms with Crippen molar-refractivity contribution in [3.8, 4) is 11.5 Å². The third kappa shape index (κ3) is 3.15. The van der Waals surface area contributed by atoms with E-state index in [2.05, 4.69) is 15.3 Å². The minimum atomic E-state index is -4.75. The third-order valence-electron chi connectivity index (χ3n) is 4.38. The van der Waals surface area contributed by atoms with Crippen molar-refractivity contribution in [3.05, 3.63) is 66.0 Å². The molecule has 2 aliphatic rings. The van der Waals surface area contributed by atoms with E-state index >= 15 is 0 Å². The van der Waals surface area contributed by atoms with Crippen molar-refractivity contribution in [3.63, 3.8) is 0 Å². The molecule has 6 nitrogen and oxygen atoms in total. The first-order valence-electron chi connectivity index (χ1n) is 8.23. The van der Waals surface area contributed by atoms with Crippen molar-refractivity contribution in [1.82, 2.24) is 10.3 Å². The van der Waals surface area contributed by atoms with Crippen LogP contribution in [0, 0.1) is 5.92 Å². The van der Waals surface area contributed by atoms with Gasteiger partial charge in [0.15, 0.2) is 5.75 Å². The van der Waals surface area contributed by atoms with Crippen LogP contribution in [0.5, 0.6) is 11.5 Å². The minimum absolute atomic E-state index is 0.439. The van der Waals surface area contributed by atoms with Gasteiger partial charge in [0.25, 0.3) is 5.91 Å². The first-order valence-corrected chi connectivity index (χ1v) is 8.23. The van der Waals surface area contributed by atoms with Crippen LogP contribution < -0.4 is 10.1 Å². The van der Waals surface area contributed by atoms with E-state index < -0.39 is 35.7 Å². The smallest absolute Gasteiger partial charge is 0.433 e. The predicted octanol–water partition coefficient (Wildman–Crippen LogP) is 3.11. The van der Waals surface area contributed by atoms with Crippen molar-refractivity contribution in [1.29, 1.82) is 0 Å². The SMILES string of the molecule is O=C1N=C(C(F)(F)F)C=CC1C(=O)NC1c2ccccc2Oc2cnccc21. The summed E-state index contributed by atoms with van der Waals surface area (Å²) in [5, 5.41) is 2.72. The number of ether oxygens (including phenoxy) is 1. The maximum absolute atomic E-state index is 12.7. The fraction of sp³-hybridized carbons (Fsp3) is 0.158. The Morgan fingerprint density at radius 3 is 2.61 bits per heavy atom. The molecule has 0 aliphatic carbocycles. The van der Waals surface area contributed by atoms with E-state index in [9.17, 15) is 22.8 Å². The zero-order valence-corrected chi connectivity index (χ0v) is 14.1. The molecule has 4 rings (SSSR count). The summed E-state index contributed by atoms with van der Waals surface area (Å²) in [5.41, 5.74) is -0.0515. The van der Waals surface area contributed by atoms with Crippen LogP contribution in [0.1, 0.15) is 17.2 Å². The molecule has 28 heavy (non-hydrogen) atoms. The number of nitrogens with zero attached hydrogens (tertiary/aromatic N) is 2. The van der Waals surface area contributed by atoms with Crippen LogP contribution in [0.2, 0.25) is 0 Å². The summed E-state index contributed by atoms with van der Waals surface area (Å²) < 4.78 is 43.8. The van der Waals surface area contributed by atoms with E-state index in [0.29, 0.717) is 28.7 Å². The molecule has 0 bridgehead atoms. The predicted molar refractivity (Wildman–Crippen MR) is 91.9 cm³/mol. The summed E-state index contributed by atoms with van der Waals surface area (Å²) in [7, 11) is 0. The van der Waals surface area contributed by atoms with Crippen LogP contribution in [-0.4, -0.2) is 28.7 Å². The highest BCUT2D eigenvalue weighted by molar-refractivity contribution is 6.14. The Bertz CT molecular complexity index is 985. The van der Waals surface area contributed by atoms with E-state index in [-0.39, 0.29) is 0 Å². The number of amides is 2. The summed E-state index contributed by atoms with van der Waals surface area (Å²) in [6.45, 7) is 0. The van der Waals surface area contributed by atoms with Gasteiger partial charge in [-0.2, -0.15) is 13.2 Å². The van der Waals surface area contributed by atoms with Gasteiger partial charge in [-0.3, -0.25) is 14.6 Å². The molecule has 2 amide bonds. The van der Waals surface area contributed by atoms with Gasteiger partial charge in [0.1, 0.15) is 17.4 Å². The van der Waals surface area contributed by atoms with Crippen molar-refractivity contribution >= 4 is 17.5 Å². The van der Waals surface area contributed by atoms with Crippen molar-refractivity contribution in [2.24, 2.45) is 10.9 Å². The topological polar surface area (TPSA) is 80.7 Å². The molecule has 0 fully saturated rings. The fourth-order valence-corrected chi connectivity index (χ4v) is 3.05. The Hall–Kier alpha value is -3.49. The Morgan fingerprint density at radius 2 is 1.86 bits per heavy atom. The number of dihydropyridines is 1. The van der Waals surface area contributed by atoms with Crippen LogP contribution in [0.25, 0.3) is 0 Å². The number of alkyl halides is 3. The molecule has 1 aromatic heterocycles. The standard InChI is InChI=1S/C19H12F3N3O3/c20-19(21,22)15-6-5-12(17(26)24-15)18(27)25-16-10-3-1-2-4-13(10)28-14-9-23-8-7-11(14)16/h1-9,12,16H,(H,25,27). The van der Waals surface area contributed by atoms with Gasteiger partial charge >= 0.3 is 6.18 Å². The molecule has 0 spiro atoms. The number of fused-ring (bicyclic) bond motifs is 2. The van der Waals surface area contributed by atoms with Crippen LogP contribution in [-0.2, 0) is 9.59 Å². The van der Waals surface area contributed by atoms with Gasteiger partial charge in [-0.15, -0.1) is 0 Å². The first kappa shape index (κ1) is 17.9. The van der Waals surface area contributed by atoms with Gasteiger partial charge in [-0.1, -0.05) is 24.3 Å². The number of hydrogen-bond donors (Lipinski definition) is 1. The van der Waals surface area contributed by atoms with Gasteiger partial charge < -0.3 is 10.1 Å². The fourth-order valence-electron chi connectivity index (χ4n) is 3.05. The molecular weight excluding hydrogens is 375 g/mol. The molecular formula is C19H12F3N3O3. The van der Waals surface area contributed by atoms with E-state index in [4.69, 9.17) is 4.74 Å². The highest BCUT2D eigenvalue weighted by Crippen LogP contribution is 2.42. The molecule has 1 N–H and O–H groups in total. The number of carbonyl (C=O) groups is 2. The zero-order chi connectivity index (χ0) is 19.9. The lowest BCUT2D eigenvalue weighted by Gasteiger charge is -2.29. The molecule has 142 valence electrons. The van der Waals surface area contributed by atoms with Gasteiger partial charge in [-0.05, 0) is 18.2 Å². The monoisotopic (exact) mass is 387 g/mol. The second kappa shape index (κ2) is 6.59. The van der Waals surface area contributed by atoms with Crippen LogP contribution in [0.15, 0.2) is 59.9 Å². The summed E-state index contributed by atoms with van der Waals surface area (Å²) >= 11 is 0. The second-order valence-electron chi connectivity index (χ2n) is 6.16. The molecule has 2 unspecified atom stereocenters. The maximum Gasteiger partial charge on any atom is 0.433 e. The van der Waals surface area contributed by atoms with Gasteiger partial charge in [-0.25, -0.2) is 4.99 Å². The number of hydrogen-bond acceptors (Lipinski definition) is 4. The largest absolute Gasteiger partial charge is 0.455 e. The molecule has 2 aliphatic heterocycles. The molecule has 3 heterocycles. The van der Waals surface area contributed by atoms with E-state index in [1.807, 2.05) is 0 Å². The Kier molecular flexibility index (Phi) is 4.21. The summed E-state index contributed by atoms with van der Waals surface area (Å²) in [6, 6.07) is 8.01. The average molecular weight is 387 g/mol. The highest BCUT2D eigenvalue weighted by Gasteiger charge is 2.39. The molecule has 0 saturated heterocycles. The molecule has 1 aromatic carbocycles. The number of aliphatic imine (C=N–C) groups is 1. The van der Waals surface area contributed by atoms with Crippen molar-refractivity contribution in [2.75, 3.05) is 0 Å². The number of benzene rings is 1. The number of aromatic nitrogens is 1. The summed E-state index contributed by atoms with van der Waals surface area (Å²) in [6.07, 6.45) is -0.177. The normalized spacial score (nSPS) is 20.5. The van der Waals surface area contributed by atoms with E-state index in [1.165, 1.54) is 12.4 Å². The maximum atomic E-state index is 12.7. The number of nitrogens with one attached hydrogen (secondary N) is 1. The number of halogens is 3. The average Bonchev–Trinajstić information content (AvgIpc) is 2.67. The van der Waals surface area contributed by atoms with Gasteiger partial charge in [0, 0.05) is 17.3 Å². The zero-order valence-electron chi connectivity index (χ0n) is 14.1. The summed E-state index contributed by atoms with van der Waals surface area (Å²) in [4.78, 5) is 31.7. The quantitative estimate of drug-likeness (QED) is 0.803. The molecule has 2 aromatic rings. The molecule has 0 saturated carbocycles. The number of carbonyl (C=O) groups excluding carboxylic acids is 2. The lowest BCUT2D eigenvalue weighted by molar-refractivity contribution is -0.132. The number of rotatable bonds is 2. The molecule has 9 heteroatoms. The summed E-state index contributed by atoms with van der Waals surface area (Å²) in [5.74, 6) is -2.41. The second-order valence-corrected chi connectivity index (χ2v) is 6.16. The minimum Gasteiger partial charge on any atom is -0.455 e. The third-order valence-corrected chi connectivity index (χ3v) is 4.38. The van der Waals surface area contributed by atoms with E-state index in [0.717, 1.165) is 6.08 Å². The number of allylic oxidation sites excluding steroid dienone is 1. The Morgan fingerprint density at radius 1 is 1.11 bits per heavy atom. The molecule has 0 radical (unpaired) electrons. The highest BCUT2D eigenvalue weighted by atomic mass is 19.4. The van der Waals surface area contributed by atoms with Gasteiger partial charge in [0.2, 0.25) is 5.91 Å². The van der Waals surface area contributed by atoms with Gasteiger partial charge in [0.05, 0.1) is 12.2 Å². The number of para-hydroxylation sites is 1. The van der Waals surface area contributed by atoms with Crippen molar-refractivity contribution < 1.29 is 27.5 Å². The van der Waals surface area contributed by atoms with Crippen LogP contribution >= 0.6 is 0 Å². The first-order chi connectivity index (χ1) is 13.3. The number of pyridine rings is 1. The lowest BCUT2D eigenvalue weighted by atomic mass is 9.94. The molecule has 2 atom stereocenters. The van der Waals surface area contributed by atoms with Crippen LogP contribution in [0.3, 0.4) is 0 Å².